The summed E-state index contributed by atoms with van der Waals surface area (Å²) in [5.74, 6) is 0.0819. The van der Waals surface area contributed by atoms with Crippen molar-refractivity contribution in [1.82, 2.24) is 0 Å². The van der Waals surface area contributed by atoms with Crippen molar-refractivity contribution in [3.63, 3.8) is 0 Å². The van der Waals surface area contributed by atoms with Crippen LogP contribution in [-0.4, -0.2) is 12.5 Å². The van der Waals surface area contributed by atoms with E-state index in [1.54, 1.807) is 6.26 Å². The SMILES string of the molecule is CCc1ccc2occ(CC(=O)N(CC)c3cccc4ccccc34)c2c1. The Labute approximate surface area is 159 Å². The van der Waals surface area contributed by atoms with Gasteiger partial charge in [0.05, 0.1) is 18.4 Å². The van der Waals surface area contributed by atoms with Crippen LogP contribution >= 0.6 is 0 Å². The zero-order chi connectivity index (χ0) is 18.8. The first-order valence-corrected chi connectivity index (χ1v) is 9.48. The van der Waals surface area contributed by atoms with E-state index < -0.39 is 0 Å². The second kappa shape index (κ2) is 7.28. The molecule has 4 aromatic rings. The third kappa shape index (κ3) is 3.21. The van der Waals surface area contributed by atoms with Crippen molar-refractivity contribution in [2.45, 2.75) is 26.7 Å². The van der Waals surface area contributed by atoms with Crippen molar-refractivity contribution in [2.24, 2.45) is 0 Å². The van der Waals surface area contributed by atoms with Crippen molar-refractivity contribution in [3.05, 3.63) is 78.1 Å². The molecule has 1 aromatic heterocycles. The number of furan rings is 1. The van der Waals surface area contributed by atoms with Crippen LogP contribution in [0.25, 0.3) is 21.7 Å². The Morgan fingerprint density at radius 1 is 0.963 bits per heavy atom. The van der Waals surface area contributed by atoms with Gasteiger partial charge >= 0.3 is 0 Å². The van der Waals surface area contributed by atoms with Crippen LogP contribution in [0, 0.1) is 0 Å². The number of rotatable bonds is 5. The van der Waals surface area contributed by atoms with Gasteiger partial charge in [-0.2, -0.15) is 0 Å². The Bertz CT molecular complexity index is 1100. The van der Waals surface area contributed by atoms with Gasteiger partial charge in [0, 0.05) is 22.9 Å². The molecule has 0 N–H and O–H groups in total. The third-order valence-electron chi connectivity index (χ3n) is 5.14. The number of carbonyl (C=O) groups is 1. The molecule has 0 bridgehead atoms. The first kappa shape index (κ1) is 17.3. The van der Waals surface area contributed by atoms with Crippen molar-refractivity contribution < 1.29 is 9.21 Å². The van der Waals surface area contributed by atoms with Gasteiger partial charge in [-0.1, -0.05) is 49.4 Å². The van der Waals surface area contributed by atoms with Crippen LogP contribution in [0.1, 0.15) is 25.0 Å². The van der Waals surface area contributed by atoms with E-state index in [0.29, 0.717) is 13.0 Å². The van der Waals surface area contributed by atoms with Crippen molar-refractivity contribution in [2.75, 3.05) is 11.4 Å². The monoisotopic (exact) mass is 357 g/mol. The fourth-order valence-corrected chi connectivity index (χ4v) is 3.67. The Morgan fingerprint density at radius 3 is 2.59 bits per heavy atom. The number of aryl methyl sites for hydroxylation is 1. The van der Waals surface area contributed by atoms with Gasteiger partial charge in [-0.05, 0) is 42.5 Å². The molecular formula is C24H23NO2. The second-order valence-corrected chi connectivity index (χ2v) is 6.76. The van der Waals surface area contributed by atoms with Crippen LogP contribution < -0.4 is 4.90 Å². The van der Waals surface area contributed by atoms with E-state index in [9.17, 15) is 4.79 Å². The molecule has 0 atom stereocenters. The average Bonchev–Trinajstić information content (AvgIpc) is 3.10. The molecule has 0 unspecified atom stereocenters. The Kier molecular flexibility index (Phi) is 4.68. The average molecular weight is 357 g/mol. The maximum atomic E-state index is 13.2. The summed E-state index contributed by atoms with van der Waals surface area (Å²) in [5, 5.41) is 3.28. The van der Waals surface area contributed by atoms with Crippen molar-refractivity contribution in [3.8, 4) is 0 Å². The lowest BCUT2D eigenvalue weighted by atomic mass is 10.0. The molecule has 0 aliphatic rings. The molecule has 3 nitrogen and oxygen atoms in total. The van der Waals surface area contributed by atoms with Gasteiger partial charge < -0.3 is 9.32 Å². The molecule has 0 saturated carbocycles. The zero-order valence-corrected chi connectivity index (χ0v) is 15.7. The molecule has 1 amide bonds. The fraction of sp³-hybridized carbons (Fsp3) is 0.208. The van der Waals surface area contributed by atoms with Crippen LogP contribution in [0.4, 0.5) is 5.69 Å². The van der Waals surface area contributed by atoms with Crippen molar-refractivity contribution in [1.29, 1.82) is 0 Å². The highest BCUT2D eigenvalue weighted by Gasteiger charge is 2.19. The highest BCUT2D eigenvalue weighted by Crippen LogP contribution is 2.28. The number of likely N-dealkylation sites (N-methyl/N-ethyl adjacent to an activating group) is 1. The van der Waals surface area contributed by atoms with E-state index in [1.807, 2.05) is 42.2 Å². The smallest absolute Gasteiger partial charge is 0.231 e. The lowest BCUT2D eigenvalue weighted by Gasteiger charge is -2.22. The van der Waals surface area contributed by atoms with Gasteiger partial charge in [0.2, 0.25) is 5.91 Å². The molecule has 0 radical (unpaired) electrons. The summed E-state index contributed by atoms with van der Waals surface area (Å²) in [6.45, 7) is 4.77. The van der Waals surface area contributed by atoms with Gasteiger partial charge in [-0.3, -0.25) is 4.79 Å². The summed E-state index contributed by atoms with van der Waals surface area (Å²) in [4.78, 5) is 15.0. The molecule has 4 rings (SSSR count). The van der Waals surface area contributed by atoms with Gasteiger partial charge in [0.25, 0.3) is 0 Å². The van der Waals surface area contributed by atoms with Crippen LogP contribution in [0.5, 0.6) is 0 Å². The number of amides is 1. The van der Waals surface area contributed by atoms with E-state index in [2.05, 4.69) is 37.3 Å². The summed E-state index contributed by atoms with van der Waals surface area (Å²) in [6.07, 6.45) is 3.02. The van der Waals surface area contributed by atoms with Gasteiger partial charge in [0.1, 0.15) is 5.58 Å². The van der Waals surface area contributed by atoms with Gasteiger partial charge in [-0.15, -0.1) is 0 Å². The molecule has 0 saturated heterocycles. The first-order chi connectivity index (χ1) is 13.2. The van der Waals surface area contributed by atoms with Crippen LogP contribution in [-0.2, 0) is 17.6 Å². The lowest BCUT2D eigenvalue weighted by molar-refractivity contribution is -0.117. The minimum atomic E-state index is 0.0819. The normalized spacial score (nSPS) is 11.2. The van der Waals surface area contributed by atoms with Crippen LogP contribution in [0.2, 0.25) is 0 Å². The number of benzene rings is 3. The quantitative estimate of drug-likeness (QED) is 0.456. The molecule has 0 fully saturated rings. The first-order valence-electron chi connectivity index (χ1n) is 9.48. The minimum Gasteiger partial charge on any atom is -0.464 e. The third-order valence-corrected chi connectivity index (χ3v) is 5.14. The maximum Gasteiger partial charge on any atom is 0.231 e. The summed E-state index contributed by atoms with van der Waals surface area (Å²) in [6, 6.07) is 20.5. The summed E-state index contributed by atoms with van der Waals surface area (Å²) in [5.41, 5.74) is 3.99. The number of anilines is 1. The minimum absolute atomic E-state index is 0.0819. The Balaban J connectivity index is 1.69. The van der Waals surface area contributed by atoms with Gasteiger partial charge in [0.15, 0.2) is 0 Å². The number of nitrogens with zero attached hydrogens (tertiary/aromatic N) is 1. The number of hydrogen-bond acceptors (Lipinski definition) is 2. The predicted molar refractivity (Wildman–Crippen MR) is 111 cm³/mol. The van der Waals surface area contributed by atoms with Gasteiger partial charge in [-0.25, -0.2) is 0 Å². The largest absolute Gasteiger partial charge is 0.464 e. The van der Waals surface area contributed by atoms with E-state index in [1.165, 1.54) is 5.56 Å². The highest BCUT2D eigenvalue weighted by molar-refractivity contribution is 6.05. The molecule has 27 heavy (non-hydrogen) atoms. The highest BCUT2D eigenvalue weighted by atomic mass is 16.3. The van der Waals surface area contributed by atoms with E-state index >= 15 is 0 Å². The Hall–Kier alpha value is -3.07. The zero-order valence-electron chi connectivity index (χ0n) is 15.7. The number of hydrogen-bond donors (Lipinski definition) is 0. The summed E-state index contributed by atoms with van der Waals surface area (Å²) >= 11 is 0. The van der Waals surface area contributed by atoms with E-state index in [-0.39, 0.29) is 5.91 Å². The second-order valence-electron chi connectivity index (χ2n) is 6.76. The molecular weight excluding hydrogens is 334 g/mol. The molecule has 0 aliphatic carbocycles. The number of fused-ring (bicyclic) bond motifs is 2. The topological polar surface area (TPSA) is 33.5 Å². The molecule has 1 heterocycles. The maximum absolute atomic E-state index is 13.2. The summed E-state index contributed by atoms with van der Waals surface area (Å²) in [7, 11) is 0. The lowest BCUT2D eigenvalue weighted by Crippen LogP contribution is -2.32. The van der Waals surface area contributed by atoms with Crippen LogP contribution in [0.3, 0.4) is 0 Å². The van der Waals surface area contributed by atoms with E-state index in [0.717, 1.165) is 39.4 Å². The van der Waals surface area contributed by atoms with Crippen LogP contribution in [0.15, 0.2) is 71.3 Å². The molecule has 3 aromatic carbocycles. The van der Waals surface area contributed by atoms with E-state index in [4.69, 9.17) is 4.42 Å². The standard InChI is InChI=1S/C24H23NO2/c1-3-17-12-13-23-21(14-17)19(16-27-23)15-24(26)25(4-2)22-11-7-9-18-8-5-6-10-20(18)22/h5-14,16H,3-4,15H2,1-2H3. The fourth-order valence-electron chi connectivity index (χ4n) is 3.67. The molecule has 136 valence electrons. The predicted octanol–water partition coefficient (Wildman–Crippen LogP) is 5.74. The number of carbonyl (C=O) groups excluding carboxylic acids is 1. The molecule has 0 aliphatic heterocycles. The van der Waals surface area contributed by atoms with Crippen molar-refractivity contribution >= 4 is 33.3 Å². The molecule has 0 spiro atoms. The molecule has 3 heteroatoms. The Morgan fingerprint density at radius 2 is 1.78 bits per heavy atom. The summed E-state index contributed by atoms with van der Waals surface area (Å²) < 4.78 is 5.67.